The van der Waals surface area contributed by atoms with E-state index in [2.05, 4.69) is 0 Å². The van der Waals surface area contributed by atoms with E-state index in [1.807, 2.05) is 0 Å². The number of benzene rings is 1. The Bertz CT molecular complexity index is 565. The van der Waals surface area contributed by atoms with E-state index in [0.29, 0.717) is 24.2 Å². The summed E-state index contributed by atoms with van der Waals surface area (Å²) in [6.45, 7) is 2.19. The standard InChI is InChI=1S/C11H13NO4S/c1-8-7-9(11(13)14)3-4-10(8)12-5-2-6-17(12,15)16/h3-4,7H,2,5-6H2,1H3,(H,13,14). The van der Waals surface area contributed by atoms with Gasteiger partial charge in [-0.15, -0.1) is 0 Å². The SMILES string of the molecule is Cc1cc(C(=O)O)ccc1N1CCCS1(=O)=O. The second-order valence-electron chi connectivity index (χ2n) is 4.05. The molecule has 1 aromatic rings. The molecule has 0 atom stereocenters. The molecule has 0 saturated carbocycles. The van der Waals surface area contributed by atoms with Gasteiger partial charge in [0.15, 0.2) is 0 Å². The molecule has 2 rings (SSSR count). The third kappa shape index (κ3) is 2.12. The Morgan fingerprint density at radius 3 is 2.59 bits per heavy atom. The highest BCUT2D eigenvalue weighted by molar-refractivity contribution is 7.93. The van der Waals surface area contributed by atoms with Gasteiger partial charge < -0.3 is 5.11 Å². The molecule has 0 amide bonds. The maximum Gasteiger partial charge on any atom is 0.335 e. The average Bonchev–Trinajstić information content (AvgIpc) is 2.58. The third-order valence-electron chi connectivity index (χ3n) is 2.81. The Morgan fingerprint density at radius 2 is 2.12 bits per heavy atom. The van der Waals surface area contributed by atoms with Crippen LogP contribution in [0.2, 0.25) is 0 Å². The molecule has 1 N–H and O–H groups in total. The van der Waals surface area contributed by atoms with Gasteiger partial charge >= 0.3 is 5.97 Å². The van der Waals surface area contributed by atoms with Gasteiger partial charge in [0.05, 0.1) is 17.0 Å². The summed E-state index contributed by atoms with van der Waals surface area (Å²) >= 11 is 0. The van der Waals surface area contributed by atoms with Crippen LogP contribution in [-0.4, -0.2) is 31.8 Å². The lowest BCUT2D eigenvalue weighted by Gasteiger charge is -2.19. The van der Waals surface area contributed by atoms with Crippen molar-refractivity contribution in [3.63, 3.8) is 0 Å². The number of carboxylic acids is 1. The van der Waals surface area contributed by atoms with Crippen LogP contribution in [0.5, 0.6) is 0 Å². The number of carbonyl (C=O) groups is 1. The zero-order valence-corrected chi connectivity index (χ0v) is 10.2. The summed E-state index contributed by atoms with van der Waals surface area (Å²) in [5, 5.41) is 8.84. The van der Waals surface area contributed by atoms with Crippen LogP contribution in [0.25, 0.3) is 0 Å². The van der Waals surface area contributed by atoms with Gasteiger partial charge in [0.2, 0.25) is 10.0 Å². The van der Waals surface area contributed by atoms with E-state index in [0.717, 1.165) is 0 Å². The Hall–Kier alpha value is -1.56. The number of aromatic carboxylic acids is 1. The molecule has 17 heavy (non-hydrogen) atoms. The second kappa shape index (κ2) is 4.03. The van der Waals surface area contributed by atoms with E-state index < -0.39 is 16.0 Å². The summed E-state index contributed by atoms with van der Waals surface area (Å²) in [5.41, 5.74) is 1.41. The molecule has 1 heterocycles. The molecule has 1 aliphatic heterocycles. The van der Waals surface area contributed by atoms with Crippen LogP contribution in [0.3, 0.4) is 0 Å². The van der Waals surface area contributed by atoms with Crippen molar-refractivity contribution in [3.05, 3.63) is 29.3 Å². The zero-order chi connectivity index (χ0) is 12.6. The summed E-state index contributed by atoms with van der Waals surface area (Å²) in [7, 11) is -3.21. The van der Waals surface area contributed by atoms with E-state index in [1.54, 1.807) is 13.0 Å². The third-order valence-corrected chi connectivity index (χ3v) is 4.67. The Balaban J connectivity index is 2.44. The highest BCUT2D eigenvalue weighted by atomic mass is 32.2. The summed E-state index contributed by atoms with van der Waals surface area (Å²) in [6.07, 6.45) is 0.614. The first kappa shape index (κ1) is 11.9. The van der Waals surface area contributed by atoms with Crippen LogP contribution in [0, 0.1) is 6.92 Å². The topological polar surface area (TPSA) is 74.7 Å². The largest absolute Gasteiger partial charge is 0.478 e. The van der Waals surface area contributed by atoms with Crippen LogP contribution < -0.4 is 4.31 Å². The Labute approximate surface area is 99.7 Å². The number of carboxylic acid groups (broad SMARTS) is 1. The average molecular weight is 255 g/mol. The lowest BCUT2D eigenvalue weighted by Crippen LogP contribution is -2.25. The van der Waals surface area contributed by atoms with Crippen LogP contribution >= 0.6 is 0 Å². The van der Waals surface area contributed by atoms with Gasteiger partial charge in [0.25, 0.3) is 0 Å². The number of aryl methyl sites for hydroxylation is 1. The van der Waals surface area contributed by atoms with Gasteiger partial charge in [-0.05, 0) is 37.1 Å². The number of hydrogen-bond acceptors (Lipinski definition) is 3. The normalized spacial score (nSPS) is 18.3. The fourth-order valence-electron chi connectivity index (χ4n) is 1.98. The van der Waals surface area contributed by atoms with Crippen molar-refractivity contribution in [2.24, 2.45) is 0 Å². The molecule has 1 fully saturated rings. The molecule has 1 saturated heterocycles. The molecule has 92 valence electrons. The monoisotopic (exact) mass is 255 g/mol. The summed E-state index contributed by atoms with van der Waals surface area (Å²) in [6, 6.07) is 4.48. The number of nitrogens with zero attached hydrogens (tertiary/aromatic N) is 1. The molecule has 0 unspecified atom stereocenters. The maximum absolute atomic E-state index is 11.7. The van der Waals surface area contributed by atoms with Gasteiger partial charge in [-0.25, -0.2) is 13.2 Å². The summed E-state index contributed by atoms with van der Waals surface area (Å²) in [4.78, 5) is 10.8. The van der Waals surface area contributed by atoms with E-state index in [1.165, 1.54) is 16.4 Å². The van der Waals surface area contributed by atoms with Crippen LogP contribution in [0.15, 0.2) is 18.2 Å². The van der Waals surface area contributed by atoms with Gasteiger partial charge in [0, 0.05) is 6.54 Å². The van der Waals surface area contributed by atoms with E-state index >= 15 is 0 Å². The quantitative estimate of drug-likeness (QED) is 0.862. The van der Waals surface area contributed by atoms with Crippen LogP contribution in [0.4, 0.5) is 5.69 Å². The molecule has 0 spiro atoms. The fourth-order valence-corrected chi connectivity index (χ4v) is 3.60. The molecule has 5 nitrogen and oxygen atoms in total. The number of anilines is 1. The minimum Gasteiger partial charge on any atom is -0.478 e. The van der Waals surface area contributed by atoms with Crippen LogP contribution in [-0.2, 0) is 10.0 Å². The molecule has 1 aliphatic rings. The van der Waals surface area contributed by atoms with Gasteiger partial charge in [0.1, 0.15) is 0 Å². The molecular weight excluding hydrogens is 242 g/mol. The smallest absolute Gasteiger partial charge is 0.335 e. The number of rotatable bonds is 2. The fraction of sp³-hybridized carbons (Fsp3) is 0.364. The minimum absolute atomic E-state index is 0.160. The first-order valence-corrected chi connectivity index (χ1v) is 6.87. The summed E-state index contributed by atoms with van der Waals surface area (Å²) in [5.74, 6) is -0.850. The van der Waals surface area contributed by atoms with Crippen molar-refractivity contribution in [3.8, 4) is 0 Å². The van der Waals surface area contributed by atoms with Crippen molar-refractivity contribution in [1.29, 1.82) is 0 Å². The van der Waals surface area contributed by atoms with E-state index in [4.69, 9.17) is 5.11 Å². The summed E-state index contributed by atoms with van der Waals surface area (Å²) < 4.78 is 24.8. The molecule has 1 aromatic carbocycles. The number of hydrogen-bond donors (Lipinski definition) is 1. The van der Waals surface area contributed by atoms with Crippen molar-refractivity contribution < 1.29 is 18.3 Å². The van der Waals surface area contributed by atoms with Gasteiger partial charge in [-0.1, -0.05) is 0 Å². The highest BCUT2D eigenvalue weighted by Gasteiger charge is 2.29. The first-order chi connectivity index (χ1) is 7.92. The van der Waals surface area contributed by atoms with Crippen molar-refractivity contribution in [2.45, 2.75) is 13.3 Å². The van der Waals surface area contributed by atoms with Gasteiger partial charge in [-0.3, -0.25) is 4.31 Å². The molecular formula is C11H13NO4S. The Morgan fingerprint density at radius 1 is 1.41 bits per heavy atom. The van der Waals surface area contributed by atoms with Crippen LogP contribution in [0.1, 0.15) is 22.3 Å². The van der Waals surface area contributed by atoms with Crippen molar-refractivity contribution in [1.82, 2.24) is 0 Å². The van der Waals surface area contributed by atoms with E-state index in [9.17, 15) is 13.2 Å². The first-order valence-electron chi connectivity index (χ1n) is 5.26. The van der Waals surface area contributed by atoms with Crippen molar-refractivity contribution in [2.75, 3.05) is 16.6 Å². The lowest BCUT2D eigenvalue weighted by atomic mass is 10.1. The predicted octanol–water partition coefficient (Wildman–Crippen LogP) is 1.23. The molecule has 0 bridgehead atoms. The van der Waals surface area contributed by atoms with E-state index in [-0.39, 0.29) is 11.3 Å². The zero-order valence-electron chi connectivity index (χ0n) is 9.38. The molecule has 0 aromatic heterocycles. The molecule has 6 heteroatoms. The van der Waals surface area contributed by atoms with Crippen molar-refractivity contribution >= 4 is 21.7 Å². The maximum atomic E-state index is 11.7. The van der Waals surface area contributed by atoms with Gasteiger partial charge in [-0.2, -0.15) is 0 Å². The molecule has 0 radical (unpaired) electrons. The number of sulfonamides is 1. The Kier molecular flexibility index (Phi) is 2.82. The molecule has 0 aliphatic carbocycles. The second-order valence-corrected chi connectivity index (χ2v) is 6.06. The highest BCUT2D eigenvalue weighted by Crippen LogP contribution is 2.27. The predicted molar refractivity (Wildman–Crippen MR) is 63.9 cm³/mol. The lowest BCUT2D eigenvalue weighted by molar-refractivity contribution is 0.0697. The minimum atomic E-state index is -3.21.